The van der Waals surface area contributed by atoms with Crippen LogP contribution >= 0.6 is 15.9 Å². The van der Waals surface area contributed by atoms with Gasteiger partial charge in [0, 0.05) is 42.5 Å². The molecule has 2 amide bonds. The summed E-state index contributed by atoms with van der Waals surface area (Å²) in [5.74, 6) is 1.32. The molecule has 0 unspecified atom stereocenters. The van der Waals surface area contributed by atoms with Gasteiger partial charge in [-0.1, -0.05) is 53.5 Å². The Morgan fingerprint density at radius 1 is 1.15 bits per heavy atom. The van der Waals surface area contributed by atoms with Crippen molar-refractivity contribution >= 4 is 39.0 Å². The molecule has 1 aliphatic rings. The first-order valence-electron chi connectivity index (χ1n) is 14.1. The molecule has 7 nitrogen and oxygen atoms in total. The van der Waals surface area contributed by atoms with Gasteiger partial charge in [-0.05, 0) is 76.3 Å². The summed E-state index contributed by atoms with van der Waals surface area (Å²) in [6.45, 7) is 10.0. The number of piperidine rings is 1. The number of para-hydroxylation sites is 2. The van der Waals surface area contributed by atoms with E-state index in [-0.39, 0.29) is 24.3 Å². The topological polar surface area (TPSA) is 76.5 Å². The van der Waals surface area contributed by atoms with Crippen LogP contribution in [-0.2, 0) is 22.5 Å². The third kappa shape index (κ3) is 8.07. The maximum absolute atomic E-state index is 13.6. The molecule has 3 aromatic rings. The number of alkyl carbamates (subject to hydrolysis) is 1. The van der Waals surface area contributed by atoms with E-state index in [1.54, 1.807) is 0 Å². The maximum atomic E-state index is 13.6. The number of hydrogen-bond acceptors (Lipinski definition) is 4. The Hall–Kier alpha value is -2.87. The Labute approximate surface area is 240 Å². The summed E-state index contributed by atoms with van der Waals surface area (Å²) in [4.78, 5) is 33.3. The highest BCUT2D eigenvalue weighted by atomic mass is 79.9. The highest BCUT2D eigenvalue weighted by molar-refractivity contribution is 9.10. The summed E-state index contributed by atoms with van der Waals surface area (Å²) >= 11 is 3.47. The maximum Gasteiger partial charge on any atom is 0.407 e. The quantitative estimate of drug-likeness (QED) is 0.293. The van der Waals surface area contributed by atoms with E-state index >= 15 is 0 Å². The lowest BCUT2D eigenvalue weighted by molar-refractivity contribution is -0.132. The zero-order valence-corrected chi connectivity index (χ0v) is 25.2. The standard InChI is InChI=1S/C31H41BrN4O3/c1-5-6-18-36-27-12-8-7-11-26(27)34-29(36)23-10-9-17-35(21-23)28(37)20-25(33-30(38)39-31(2,3)4)19-22-13-15-24(32)16-14-22/h7-8,11-16,23,25H,5-6,9-10,17-21H2,1-4H3,(H,33,38)/t23-,25-/m1/s1. The molecular weight excluding hydrogens is 556 g/mol. The van der Waals surface area contributed by atoms with Gasteiger partial charge in [-0.3, -0.25) is 4.79 Å². The van der Waals surface area contributed by atoms with Crippen molar-refractivity contribution in [2.24, 2.45) is 0 Å². The molecule has 1 aromatic heterocycles. The number of ether oxygens (including phenoxy) is 1. The number of carbonyl (C=O) groups is 2. The monoisotopic (exact) mass is 596 g/mol. The molecule has 210 valence electrons. The molecule has 0 saturated carbocycles. The summed E-state index contributed by atoms with van der Waals surface area (Å²) in [5, 5.41) is 2.96. The van der Waals surface area contributed by atoms with Crippen LogP contribution in [0.4, 0.5) is 4.79 Å². The van der Waals surface area contributed by atoms with Crippen molar-refractivity contribution in [3.8, 4) is 0 Å². The van der Waals surface area contributed by atoms with Crippen LogP contribution in [0.3, 0.4) is 0 Å². The Kier molecular flexibility index (Phi) is 9.70. The molecule has 4 rings (SSSR count). The highest BCUT2D eigenvalue weighted by Gasteiger charge is 2.30. The van der Waals surface area contributed by atoms with Crippen molar-refractivity contribution in [1.29, 1.82) is 0 Å². The summed E-state index contributed by atoms with van der Waals surface area (Å²) in [5.41, 5.74) is 2.62. The molecule has 0 bridgehead atoms. The minimum absolute atomic E-state index is 0.0501. The lowest BCUT2D eigenvalue weighted by atomic mass is 9.95. The van der Waals surface area contributed by atoms with Gasteiger partial charge in [0.05, 0.1) is 11.0 Å². The Bertz CT molecular complexity index is 1270. The van der Waals surface area contributed by atoms with Crippen LogP contribution in [0.1, 0.15) is 77.1 Å². The SMILES string of the molecule is CCCCn1c([C@@H]2CCCN(C(=O)C[C@@H](Cc3ccc(Br)cc3)NC(=O)OC(C)(C)C)C2)nc2ccccc21. The summed E-state index contributed by atoms with van der Waals surface area (Å²) < 4.78 is 8.86. The lowest BCUT2D eigenvalue weighted by Gasteiger charge is -2.34. The van der Waals surface area contributed by atoms with Crippen LogP contribution in [0.15, 0.2) is 53.0 Å². The van der Waals surface area contributed by atoms with Crippen molar-refractivity contribution in [3.63, 3.8) is 0 Å². The second kappa shape index (κ2) is 13.0. The summed E-state index contributed by atoms with van der Waals surface area (Å²) in [6.07, 6.45) is 4.42. The number of hydrogen-bond donors (Lipinski definition) is 1. The number of unbranched alkanes of at least 4 members (excludes halogenated alkanes) is 1. The van der Waals surface area contributed by atoms with Gasteiger partial charge < -0.3 is 19.5 Å². The minimum Gasteiger partial charge on any atom is -0.444 e. The third-order valence-corrected chi connectivity index (χ3v) is 7.62. The van der Waals surface area contributed by atoms with E-state index in [1.807, 2.05) is 56.0 Å². The first-order valence-corrected chi connectivity index (χ1v) is 14.9. The lowest BCUT2D eigenvalue weighted by Crippen LogP contribution is -2.46. The van der Waals surface area contributed by atoms with Crippen molar-refractivity contribution < 1.29 is 14.3 Å². The molecule has 8 heteroatoms. The number of nitrogens with zero attached hydrogens (tertiary/aromatic N) is 3. The number of halogens is 1. The van der Waals surface area contributed by atoms with Crippen molar-refractivity contribution in [3.05, 3.63) is 64.4 Å². The molecule has 0 aliphatic carbocycles. The Morgan fingerprint density at radius 2 is 1.90 bits per heavy atom. The van der Waals surface area contributed by atoms with Gasteiger partial charge in [0.25, 0.3) is 0 Å². The number of carbonyl (C=O) groups excluding carboxylic acids is 2. The first kappa shape index (κ1) is 29.1. The molecule has 0 spiro atoms. The molecule has 1 saturated heterocycles. The van der Waals surface area contributed by atoms with Gasteiger partial charge in [0.2, 0.25) is 5.91 Å². The zero-order chi connectivity index (χ0) is 28.0. The number of rotatable bonds is 9. The number of amides is 2. The number of imidazole rings is 1. The van der Waals surface area contributed by atoms with Crippen molar-refractivity contribution in [1.82, 2.24) is 19.8 Å². The number of aromatic nitrogens is 2. The van der Waals surface area contributed by atoms with Crippen LogP contribution in [-0.4, -0.2) is 51.2 Å². The molecule has 0 radical (unpaired) electrons. The van der Waals surface area contributed by atoms with Crippen LogP contribution in [0, 0.1) is 0 Å². The van der Waals surface area contributed by atoms with Crippen LogP contribution in [0.25, 0.3) is 11.0 Å². The number of fused-ring (bicyclic) bond motifs is 1. The van der Waals surface area contributed by atoms with E-state index in [1.165, 1.54) is 5.52 Å². The fourth-order valence-corrected chi connectivity index (χ4v) is 5.53. The largest absolute Gasteiger partial charge is 0.444 e. The third-order valence-electron chi connectivity index (χ3n) is 7.10. The Balaban J connectivity index is 1.49. The molecule has 1 fully saturated rings. The average Bonchev–Trinajstić information content (AvgIpc) is 3.26. The van der Waals surface area contributed by atoms with E-state index < -0.39 is 11.7 Å². The molecule has 2 aromatic carbocycles. The molecule has 1 N–H and O–H groups in total. The smallest absolute Gasteiger partial charge is 0.407 e. The molecule has 1 aliphatic heterocycles. The van der Waals surface area contributed by atoms with Crippen LogP contribution in [0.2, 0.25) is 0 Å². The molecule has 39 heavy (non-hydrogen) atoms. The first-order chi connectivity index (χ1) is 18.6. The molecule has 2 atom stereocenters. The van der Waals surface area contributed by atoms with Crippen LogP contribution < -0.4 is 5.32 Å². The summed E-state index contributed by atoms with van der Waals surface area (Å²) in [7, 11) is 0. The second-order valence-electron chi connectivity index (χ2n) is 11.5. The van der Waals surface area contributed by atoms with Crippen molar-refractivity contribution in [2.45, 2.75) is 90.3 Å². The van der Waals surface area contributed by atoms with Gasteiger partial charge in [0.1, 0.15) is 11.4 Å². The van der Waals surface area contributed by atoms with Crippen LogP contribution in [0.5, 0.6) is 0 Å². The number of aryl methyl sites for hydroxylation is 1. The van der Waals surface area contributed by atoms with Crippen molar-refractivity contribution in [2.75, 3.05) is 13.1 Å². The van der Waals surface area contributed by atoms with Gasteiger partial charge in [-0.15, -0.1) is 0 Å². The number of benzene rings is 2. The van der Waals surface area contributed by atoms with Gasteiger partial charge >= 0.3 is 6.09 Å². The fourth-order valence-electron chi connectivity index (χ4n) is 5.26. The van der Waals surface area contributed by atoms with Gasteiger partial charge in [-0.25, -0.2) is 9.78 Å². The van der Waals surface area contributed by atoms with E-state index in [0.29, 0.717) is 13.0 Å². The van der Waals surface area contributed by atoms with E-state index in [2.05, 4.69) is 50.9 Å². The normalized spacial score (nSPS) is 16.7. The highest BCUT2D eigenvalue weighted by Crippen LogP contribution is 2.30. The Morgan fingerprint density at radius 3 is 2.62 bits per heavy atom. The van der Waals surface area contributed by atoms with E-state index in [4.69, 9.17) is 9.72 Å². The number of likely N-dealkylation sites (tertiary alicyclic amines) is 1. The minimum atomic E-state index is -0.612. The predicted octanol–water partition coefficient (Wildman–Crippen LogP) is 6.83. The zero-order valence-electron chi connectivity index (χ0n) is 23.6. The van der Waals surface area contributed by atoms with Gasteiger partial charge in [-0.2, -0.15) is 0 Å². The van der Waals surface area contributed by atoms with E-state index in [9.17, 15) is 9.59 Å². The summed E-state index contributed by atoms with van der Waals surface area (Å²) in [6, 6.07) is 15.9. The predicted molar refractivity (Wildman–Crippen MR) is 159 cm³/mol. The molecular formula is C31H41BrN4O3. The van der Waals surface area contributed by atoms with Gasteiger partial charge in [0.15, 0.2) is 0 Å². The second-order valence-corrected chi connectivity index (χ2v) is 12.4. The number of nitrogens with one attached hydrogen (secondary N) is 1. The van der Waals surface area contributed by atoms with E-state index in [0.717, 1.165) is 60.2 Å². The average molecular weight is 598 g/mol. The molecule has 2 heterocycles. The fraction of sp³-hybridized carbons (Fsp3) is 0.516.